The molecule has 1 aromatic rings. The van der Waals surface area contributed by atoms with Gasteiger partial charge in [-0.3, -0.25) is 0 Å². The van der Waals surface area contributed by atoms with Gasteiger partial charge >= 0.3 is 0 Å². The van der Waals surface area contributed by atoms with Crippen LogP contribution in [0.4, 0.5) is 0 Å². The van der Waals surface area contributed by atoms with Crippen molar-refractivity contribution in [1.82, 2.24) is 4.90 Å². The Morgan fingerprint density at radius 1 is 0.800 bits per heavy atom. The Morgan fingerprint density at radius 2 is 1.37 bits per heavy atom. The number of hydrogen-bond acceptors (Lipinski definition) is 5. The molecule has 0 fully saturated rings. The third-order valence-corrected chi connectivity index (χ3v) is 7.60. The predicted molar refractivity (Wildman–Crippen MR) is 151 cm³/mol. The van der Waals surface area contributed by atoms with Crippen LogP contribution < -0.4 is 0 Å². The van der Waals surface area contributed by atoms with E-state index in [4.69, 9.17) is 14.2 Å². The summed E-state index contributed by atoms with van der Waals surface area (Å²) in [6, 6.07) is 8.74. The van der Waals surface area contributed by atoms with Crippen LogP contribution in [0.1, 0.15) is 102 Å². The monoisotopic (exact) mass is 505 g/mol. The fourth-order valence-electron chi connectivity index (χ4n) is 4.34. The fourth-order valence-corrected chi connectivity index (χ4v) is 5.09. The van der Waals surface area contributed by atoms with Crippen LogP contribution in [0.3, 0.4) is 0 Å². The quantitative estimate of drug-likeness (QED) is 0.148. The lowest BCUT2D eigenvalue weighted by Crippen LogP contribution is -2.24. The van der Waals surface area contributed by atoms with E-state index in [0.717, 1.165) is 25.4 Å². The zero-order valence-corrected chi connectivity index (χ0v) is 23.6. The molecule has 1 atom stereocenters. The third kappa shape index (κ3) is 15.0. The van der Waals surface area contributed by atoms with E-state index < -0.39 is 0 Å². The second-order valence-corrected chi connectivity index (χ2v) is 11.1. The molecule has 1 aliphatic rings. The van der Waals surface area contributed by atoms with Gasteiger partial charge in [0.2, 0.25) is 0 Å². The molecular formula is C30H51NO3S. The van der Waals surface area contributed by atoms with Crippen LogP contribution >= 0.6 is 11.8 Å². The highest BCUT2D eigenvalue weighted by Crippen LogP contribution is 2.25. The SMILES string of the molecule is CCCCCCCCCCCCCCOCC(COCc1ccc(CN2C=C(C)SC2)cc1)OC. The summed E-state index contributed by atoms with van der Waals surface area (Å²) in [4.78, 5) is 3.74. The number of unbranched alkanes of at least 4 members (excludes halogenated alkanes) is 11. The van der Waals surface area contributed by atoms with Gasteiger partial charge in [-0.1, -0.05) is 102 Å². The zero-order valence-electron chi connectivity index (χ0n) is 22.8. The number of rotatable bonds is 22. The van der Waals surface area contributed by atoms with Crippen molar-refractivity contribution in [2.75, 3.05) is 32.8 Å². The number of methoxy groups -OCH3 is 1. The standard InChI is InChI=1S/C30H51NO3S/c1-4-5-6-7-8-9-10-11-12-13-14-15-20-33-24-30(32-3)25-34-23-29-18-16-28(17-19-29)22-31-21-27(2)35-26-31/h16-19,21,30H,4-15,20,22-26H2,1-3H3. The van der Waals surface area contributed by atoms with E-state index >= 15 is 0 Å². The molecule has 1 unspecified atom stereocenters. The first kappa shape index (κ1) is 30.2. The minimum atomic E-state index is -0.00528. The predicted octanol–water partition coefficient (Wildman–Crippen LogP) is 8.30. The Kier molecular flexibility index (Phi) is 17.3. The minimum absolute atomic E-state index is 0.00528. The lowest BCUT2D eigenvalue weighted by atomic mass is 10.1. The van der Waals surface area contributed by atoms with Crippen LogP contribution in [-0.4, -0.2) is 43.8 Å². The van der Waals surface area contributed by atoms with E-state index in [1.54, 1.807) is 7.11 Å². The van der Waals surface area contributed by atoms with E-state index in [1.165, 1.54) is 86.7 Å². The Morgan fingerprint density at radius 3 is 1.94 bits per heavy atom. The fraction of sp³-hybridized carbons (Fsp3) is 0.733. The number of thioether (sulfide) groups is 1. The topological polar surface area (TPSA) is 30.9 Å². The Hall–Kier alpha value is -1.01. The van der Waals surface area contributed by atoms with Gasteiger partial charge in [0.05, 0.1) is 25.7 Å². The molecule has 1 aromatic carbocycles. The van der Waals surface area contributed by atoms with E-state index in [2.05, 4.69) is 49.2 Å². The summed E-state index contributed by atoms with van der Waals surface area (Å²) in [5.74, 6) is 1.05. The van der Waals surface area contributed by atoms with Crippen molar-refractivity contribution < 1.29 is 14.2 Å². The van der Waals surface area contributed by atoms with Crippen LogP contribution in [0.25, 0.3) is 0 Å². The summed E-state index contributed by atoms with van der Waals surface area (Å²) in [6.45, 7) is 8.02. The largest absolute Gasteiger partial charge is 0.379 e. The molecule has 0 amide bonds. The third-order valence-electron chi connectivity index (χ3n) is 6.58. The van der Waals surface area contributed by atoms with Gasteiger partial charge in [0.1, 0.15) is 6.10 Å². The molecule has 0 N–H and O–H groups in total. The molecular weight excluding hydrogens is 454 g/mol. The molecule has 2 rings (SSSR count). The van der Waals surface area contributed by atoms with Crippen LogP contribution in [0, 0.1) is 0 Å². The van der Waals surface area contributed by atoms with Crippen molar-refractivity contribution in [3.63, 3.8) is 0 Å². The Labute approximate surface area is 220 Å². The number of nitrogens with zero attached hydrogens (tertiary/aromatic N) is 1. The summed E-state index contributed by atoms with van der Waals surface area (Å²) < 4.78 is 17.3. The molecule has 0 aliphatic carbocycles. The molecule has 4 nitrogen and oxygen atoms in total. The summed E-state index contributed by atoms with van der Waals surface area (Å²) in [5, 5.41) is 0. The van der Waals surface area contributed by atoms with Crippen molar-refractivity contribution in [1.29, 1.82) is 0 Å². The smallest absolute Gasteiger partial charge is 0.104 e. The van der Waals surface area contributed by atoms with Gasteiger partial charge in [0.25, 0.3) is 0 Å². The molecule has 0 saturated carbocycles. The summed E-state index contributed by atoms with van der Waals surface area (Å²) in [6.07, 6.45) is 18.6. The first-order valence-electron chi connectivity index (χ1n) is 14.0. The van der Waals surface area contributed by atoms with Crippen LogP contribution in [0.5, 0.6) is 0 Å². The second-order valence-electron chi connectivity index (χ2n) is 9.91. The van der Waals surface area contributed by atoms with Crippen LogP contribution in [-0.2, 0) is 27.4 Å². The molecule has 0 saturated heterocycles. The van der Waals surface area contributed by atoms with Crippen molar-refractivity contribution in [2.24, 2.45) is 0 Å². The van der Waals surface area contributed by atoms with E-state index in [0.29, 0.717) is 19.8 Å². The highest BCUT2D eigenvalue weighted by Gasteiger charge is 2.10. The molecule has 0 aromatic heterocycles. The average Bonchev–Trinajstić information content (AvgIpc) is 3.28. The van der Waals surface area contributed by atoms with Gasteiger partial charge in [-0.05, 0) is 29.4 Å². The highest BCUT2D eigenvalue weighted by atomic mass is 32.2. The lowest BCUT2D eigenvalue weighted by Gasteiger charge is -2.16. The van der Waals surface area contributed by atoms with Gasteiger partial charge < -0.3 is 19.1 Å². The zero-order chi connectivity index (χ0) is 25.0. The maximum absolute atomic E-state index is 5.90. The molecule has 200 valence electrons. The van der Waals surface area contributed by atoms with E-state index in [9.17, 15) is 0 Å². The van der Waals surface area contributed by atoms with Gasteiger partial charge in [-0.2, -0.15) is 0 Å². The van der Waals surface area contributed by atoms with Crippen molar-refractivity contribution in [2.45, 2.75) is 110 Å². The van der Waals surface area contributed by atoms with E-state index in [1.807, 2.05) is 11.8 Å². The van der Waals surface area contributed by atoms with Crippen molar-refractivity contribution in [3.05, 3.63) is 46.5 Å². The van der Waals surface area contributed by atoms with Crippen LogP contribution in [0.2, 0.25) is 0 Å². The van der Waals surface area contributed by atoms with Crippen LogP contribution in [0.15, 0.2) is 35.4 Å². The Bertz CT molecular complexity index is 664. The molecule has 0 bridgehead atoms. The molecule has 5 heteroatoms. The molecule has 35 heavy (non-hydrogen) atoms. The van der Waals surface area contributed by atoms with Gasteiger partial charge in [-0.15, -0.1) is 11.8 Å². The number of hydrogen-bond donors (Lipinski definition) is 0. The lowest BCUT2D eigenvalue weighted by molar-refractivity contribution is -0.0451. The molecule has 0 radical (unpaired) electrons. The first-order valence-corrected chi connectivity index (χ1v) is 15.0. The maximum atomic E-state index is 5.90. The summed E-state index contributed by atoms with van der Waals surface area (Å²) >= 11 is 1.90. The van der Waals surface area contributed by atoms with Crippen molar-refractivity contribution >= 4 is 11.8 Å². The number of ether oxygens (including phenoxy) is 3. The minimum Gasteiger partial charge on any atom is -0.379 e. The molecule has 1 aliphatic heterocycles. The molecule has 1 heterocycles. The average molecular weight is 506 g/mol. The maximum Gasteiger partial charge on any atom is 0.104 e. The van der Waals surface area contributed by atoms with Gasteiger partial charge in [-0.25, -0.2) is 0 Å². The summed E-state index contributed by atoms with van der Waals surface area (Å²) in [5.41, 5.74) is 2.53. The second kappa shape index (κ2) is 20.1. The first-order chi connectivity index (χ1) is 17.2. The highest BCUT2D eigenvalue weighted by molar-refractivity contribution is 8.03. The molecule has 0 spiro atoms. The van der Waals surface area contributed by atoms with E-state index in [-0.39, 0.29) is 6.10 Å². The van der Waals surface area contributed by atoms with Gasteiger partial charge in [0.15, 0.2) is 0 Å². The Balaban J connectivity index is 1.41. The number of allylic oxidation sites excluding steroid dienone is 1. The number of benzene rings is 1. The summed E-state index contributed by atoms with van der Waals surface area (Å²) in [7, 11) is 1.74. The van der Waals surface area contributed by atoms with Crippen molar-refractivity contribution in [3.8, 4) is 0 Å². The normalized spacial score (nSPS) is 14.5. The van der Waals surface area contributed by atoms with Gasteiger partial charge in [0, 0.05) is 26.5 Å².